The van der Waals surface area contributed by atoms with Crippen molar-refractivity contribution in [2.24, 2.45) is 5.92 Å². The van der Waals surface area contributed by atoms with E-state index in [1.165, 1.54) is 39.0 Å². The highest BCUT2D eigenvalue weighted by atomic mass is 16.5. The molecular weight excluding hydrogens is 226 g/mol. The van der Waals surface area contributed by atoms with Crippen LogP contribution in [0, 0.1) is 5.92 Å². The van der Waals surface area contributed by atoms with E-state index in [-0.39, 0.29) is 0 Å². The zero-order valence-electron chi connectivity index (χ0n) is 12.0. The van der Waals surface area contributed by atoms with Gasteiger partial charge in [0.05, 0.1) is 6.61 Å². The largest absolute Gasteiger partial charge is 0.381 e. The third-order valence-electron chi connectivity index (χ3n) is 4.39. The molecule has 2 atom stereocenters. The molecule has 0 aromatic rings. The van der Waals surface area contributed by atoms with Gasteiger partial charge in [-0.3, -0.25) is 4.90 Å². The topological polar surface area (TPSA) is 27.7 Å². The number of rotatable bonds is 6. The molecule has 4 nitrogen and oxygen atoms in total. The zero-order chi connectivity index (χ0) is 12.8. The molecule has 18 heavy (non-hydrogen) atoms. The van der Waals surface area contributed by atoms with Crippen molar-refractivity contribution in [3.05, 3.63) is 0 Å². The summed E-state index contributed by atoms with van der Waals surface area (Å²) < 4.78 is 5.39. The van der Waals surface area contributed by atoms with Gasteiger partial charge in [0, 0.05) is 51.9 Å². The fraction of sp³-hybridized carbons (Fsp3) is 1.00. The van der Waals surface area contributed by atoms with Gasteiger partial charge in [-0.05, 0) is 25.8 Å². The van der Waals surface area contributed by atoms with E-state index in [0.29, 0.717) is 0 Å². The maximum absolute atomic E-state index is 5.39. The van der Waals surface area contributed by atoms with Crippen LogP contribution in [-0.2, 0) is 4.74 Å². The minimum absolute atomic E-state index is 0.751. The van der Waals surface area contributed by atoms with Gasteiger partial charge in [0.2, 0.25) is 0 Å². The first-order valence-corrected chi connectivity index (χ1v) is 7.50. The Labute approximate surface area is 112 Å². The number of nitrogens with one attached hydrogen (secondary N) is 1. The highest BCUT2D eigenvalue weighted by molar-refractivity contribution is 4.79. The Bertz CT molecular complexity index is 231. The Hall–Kier alpha value is -0.160. The van der Waals surface area contributed by atoms with Crippen LogP contribution in [0.25, 0.3) is 0 Å². The molecule has 1 N–H and O–H groups in total. The molecular formula is C14H29N3O. The number of hydrogen-bond donors (Lipinski definition) is 1. The fourth-order valence-electron chi connectivity index (χ4n) is 2.94. The first kappa shape index (κ1) is 14.3. The quantitative estimate of drug-likeness (QED) is 0.705. The van der Waals surface area contributed by atoms with Crippen molar-refractivity contribution in [2.75, 3.05) is 59.5 Å². The van der Waals surface area contributed by atoms with Crippen LogP contribution in [0.4, 0.5) is 0 Å². The number of likely N-dealkylation sites (N-methyl/N-ethyl adjacent to an activating group) is 1. The lowest BCUT2D eigenvalue weighted by Gasteiger charge is -2.39. The van der Waals surface area contributed by atoms with E-state index < -0.39 is 0 Å². The molecule has 0 amide bonds. The normalized spacial score (nSPS) is 31.0. The van der Waals surface area contributed by atoms with Gasteiger partial charge in [0.15, 0.2) is 0 Å². The molecule has 106 valence electrons. The van der Waals surface area contributed by atoms with Crippen LogP contribution in [0.3, 0.4) is 0 Å². The molecule has 0 aromatic carbocycles. The lowest BCUT2D eigenvalue weighted by molar-refractivity contribution is 0.0936. The standard InChI is InChI=1S/C14H29N3O/c1-3-14-11-17(8-7-16(14)2)6-5-15-10-13-4-9-18-12-13/h13-15H,3-12H2,1-2H3. The highest BCUT2D eigenvalue weighted by Gasteiger charge is 2.22. The molecule has 0 aliphatic carbocycles. The molecule has 0 spiro atoms. The summed E-state index contributed by atoms with van der Waals surface area (Å²) in [6.07, 6.45) is 2.50. The predicted octanol–water partition coefficient (Wildman–Crippen LogP) is 0.639. The summed E-state index contributed by atoms with van der Waals surface area (Å²) in [6.45, 7) is 11.3. The molecule has 2 heterocycles. The molecule has 2 aliphatic rings. The van der Waals surface area contributed by atoms with E-state index in [9.17, 15) is 0 Å². The Morgan fingerprint density at radius 3 is 2.94 bits per heavy atom. The molecule has 2 rings (SSSR count). The molecule has 2 unspecified atom stereocenters. The molecule has 2 fully saturated rings. The van der Waals surface area contributed by atoms with Gasteiger partial charge >= 0.3 is 0 Å². The second-order valence-corrected chi connectivity index (χ2v) is 5.78. The smallest absolute Gasteiger partial charge is 0.0507 e. The molecule has 0 aromatic heterocycles. The van der Waals surface area contributed by atoms with Gasteiger partial charge in [0.1, 0.15) is 0 Å². The lowest BCUT2D eigenvalue weighted by atomic mass is 10.1. The van der Waals surface area contributed by atoms with Crippen molar-refractivity contribution in [1.82, 2.24) is 15.1 Å². The summed E-state index contributed by atoms with van der Waals surface area (Å²) in [5.41, 5.74) is 0. The van der Waals surface area contributed by atoms with Gasteiger partial charge in [-0.2, -0.15) is 0 Å². The Morgan fingerprint density at radius 2 is 2.22 bits per heavy atom. The third-order valence-corrected chi connectivity index (χ3v) is 4.39. The van der Waals surface area contributed by atoms with Crippen LogP contribution in [0.1, 0.15) is 19.8 Å². The summed E-state index contributed by atoms with van der Waals surface area (Å²) in [5, 5.41) is 3.58. The average molecular weight is 255 g/mol. The van der Waals surface area contributed by atoms with Gasteiger partial charge in [-0.1, -0.05) is 6.92 Å². The van der Waals surface area contributed by atoms with Gasteiger partial charge in [0.25, 0.3) is 0 Å². The lowest BCUT2D eigenvalue weighted by Crippen LogP contribution is -2.52. The Balaban J connectivity index is 1.56. The number of piperazine rings is 1. The van der Waals surface area contributed by atoms with Crippen LogP contribution in [0.2, 0.25) is 0 Å². The van der Waals surface area contributed by atoms with E-state index in [0.717, 1.165) is 38.3 Å². The van der Waals surface area contributed by atoms with Crippen molar-refractivity contribution in [3.8, 4) is 0 Å². The average Bonchev–Trinajstić information content (AvgIpc) is 2.89. The van der Waals surface area contributed by atoms with Gasteiger partial charge in [-0.15, -0.1) is 0 Å². The van der Waals surface area contributed by atoms with E-state index in [1.807, 2.05) is 0 Å². The van der Waals surface area contributed by atoms with Crippen molar-refractivity contribution < 1.29 is 4.74 Å². The highest BCUT2D eigenvalue weighted by Crippen LogP contribution is 2.11. The van der Waals surface area contributed by atoms with Crippen LogP contribution in [-0.4, -0.2) is 75.4 Å². The zero-order valence-corrected chi connectivity index (χ0v) is 12.0. The molecule has 0 saturated carbocycles. The van der Waals surface area contributed by atoms with Gasteiger partial charge < -0.3 is 15.0 Å². The Morgan fingerprint density at radius 1 is 1.33 bits per heavy atom. The van der Waals surface area contributed by atoms with Crippen molar-refractivity contribution in [3.63, 3.8) is 0 Å². The maximum Gasteiger partial charge on any atom is 0.0507 e. The van der Waals surface area contributed by atoms with Crippen LogP contribution in [0.5, 0.6) is 0 Å². The molecule has 2 aliphatic heterocycles. The summed E-state index contributed by atoms with van der Waals surface area (Å²) >= 11 is 0. The summed E-state index contributed by atoms with van der Waals surface area (Å²) in [4.78, 5) is 5.10. The van der Waals surface area contributed by atoms with Crippen molar-refractivity contribution in [1.29, 1.82) is 0 Å². The SMILES string of the molecule is CCC1CN(CCNCC2CCOC2)CCN1C. The number of hydrogen-bond acceptors (Lipinski definition) is 4. The number of ether oxygens (including phenoxy) is 1. The van der Waals surface area contributed by atoms with Crippen molar-refractivity contribution in [2.45, 2.75) is 25.8 Å². The van der Waals surface area contributed by atoms with Crippen molar-refractivity contribution >= 4 is 0 Å². The molecule has 2 saturated heterocycles. The Kier molecular flexibility index (Phi) is 5.89. The molecule has 0 bridgehead atoms. The third kappa shape index (κ3) is 4.19. The monoisotopic (exact) mass is 255 g/mol. The fourth-order valence-corrected chi connectivity index (χ4v) is 2.94. The minimum atomic E-state index is 0.751. The van der Waals surface area contributed by atoms with Crippen LogP contribution >= 0.6 is 0 Å². The maximum atomic E-state index is 5.39. The van der Waals surface area contributed by atoms with E-state index in [4.69, 9.17) is 4.74 Å². The minimum Gasteiger partial charge on any atom is -0.381 e. The second kappa shape index (κ2) is 7.43. The molecule has 0 radical (unpaired) electrons. The second-order valence-electron chi connectivity index (χ2n) is 5.78. The van der Waals surface area contributed by atoms with E-state index in [1.54, 1.807) is 0 Å². The first-order chi connectivity index (χ1) is 8.79. The van der Waals surface area contributed by atoms with E-state index >= 15 is 0 Å². The van der Waals surface area contributed by atoms with E-state index in [2.05, 4.69) is 29.1 Å². The first-order valence-electron chi connectivity index (χ1n) is 7.50. The summed E-state index contributed by atoms with van der Waals surface area (Å²) in [7, 11) is 2.25. The van der Waals surface area contributed by atoms with Crippen LogP contribution in [0.15, 0.2) is 0 Å². The predicted molar refractivity (Wildman–Crippen MR) is 74.9 cm³/mol. The molecule has 4 heteroatoms. The summed E-state index contributed by atoms with van der Waals surface area (Å²) in [5.74, 6) is 0.751. The van der Waals surface area contributed by atoms with Crippen LogP contribution < -0.4 is 5.32 Å². The van der Waals surface area contributed by atoms with Gasteiger partial charge in [-0.25, -0.2) is 0 Å². The summed E-state index contributed by atoms with van der Waals surface area (Å²) in [6, 6.07) is 0.752. The number of nitrogens with zero attached hydrogens (tertiary/aromatic N) is 2.